The van der Waals surface area contributed by atoms with Crippen molar-refractivity contribution in [2.45, 2.75) is 18.9 Å². The van der Waals surface area contributed by atoms with Crippen LogP contribution < -0.4 is 5.32 Å². The summed E-state index contributed by atoms with van der Waals surface area (Å²) in [5, 5.41) is 2.96. The number of ketones is 2. The summed E-state index contributed by atoms with van der Waals surface area (Å²) in [6, 6.07) is -0.451. The van der Waals surface area contributed by atoms with Crippen LogP contribution in [0.5, 0.6) is 0 Å². The lowest BCUT2D eigenvalue weighted by Crippen LogP contribution is -2.39. The van der Waals surface area contributed by atoms with E-state index in [9.17, 15) is 9.59 Å². The standard InChI is InChI=1S/C11H23NO4P2/c1-15-4-5-16-8-12-10(11(14)7-18)3-2-9(13)6-17/h10,12H,2-8,17-18H2,1H3/i17T,18T. The van der Waals surface area contributed by atoms with Crippen molar-refractivity contribution in [3.63, 3.8) is 0 Å². The maximum Gasteiger partial charge on any atom is 0.153 e. The van der Waals surface area contributed by atoms with Crippen LogP contribution >= 0.6 is 18.4 Å². The molecule has 0 heterocycles. The first-order chi connectivity index (χ1) is 9.65. The number of carbonyl (C=O) groups excluding carboxylic acids is 2. The van der Waals surface area contributed by atoms with E-state index in [4.69, 9.17) is 12.0 Å². The molecule has 0 fully saturated rings. The Kier molecular flexibility index (Phi) is 9.76. The average Bonchev–Trinajstić information content (AvgIpc) is 2.42. The molecule has 0 spiro atoms. The number of hydrogen-bond acceptors (Lipinski definition) is 5. The van der Waals surface area contributed by atoms with Gasteiger partial charge >= 0.3 is 0 Å². The molecule has 0 aromatic heterocycles. The molecule has 0 aromatic rings. The number of nitrogens with one attached hydrogen (secondary N) is 1. The molecular weight excluding hydrogens is 272 g/mol. The van der Waals surface area contributed by atoms with E-state index >= 15 is 0 Å². The number of carbonyl (C=O) groups is 2. The molecular formula is C11H23NO4P2. The first-order valence-electron chi connectivity index (χ1n) is 6.79. The smallest absolute Gasteiger partial charge is 0.153 e. The fourth-order valence-electron chi connectivity index (χ4n) is 1.27. The molecule has 0 radical (unpaired) electrons. The topological polar surface area (TPSA) is 64.6 Å². The Labute approximate surface area is 116 Å². The average molecular weight is 299 g/mol. The van der Waals surface area contributed by atoms with Gasteiger partial charge in [0.2, 0.25) is 0 Å². The first-order valence-corrected chi connectivity index (χ1v) is 7.20. The minimum absolute atomic E-state index is 0.00607. The highest BCUT2D eigenvalue weighted by Gasteiger charge is 2.16. The van der Waals surface area contributed by atoms with Gasteiger partial charge in [-0.1, -0.05) is 0 Å². The lowest BCUT2D eigenvalue weighted by atomic mass is 10.1. The molecule has 3 atom stereocenters. The minimum atomic E-state index is -0.451. The Morgan fingerprint density at radius 3 is 2.78 bits per heavy atom. The van der Waals surface area contributed by atoms with Crippen molar-refractivity contribution >= 4 is 29.9 Å². The van der Waals surface area contributed by atoms with Gasteiger partial charge in [0.1, 0.15) is 5.78 Å². The minimum Gasteiger partial charge on any atom is -0.382 e. The van der Waals surface area contributed by atoms with Crippen molar-refractivity contribution in [3.8, 4) is 0 Å². The van der Waals surface area contributed by atoms with E-state index in [0.29, 0.717) is 19.6 Å². The Hall–Kier alpha value is 0.0800. The third-order valence-corrected chi connectivity index (χ3v) is 3.08. The molecule has 3 unspecified atom stereocenters. The molecule has 0 aliphatic carbocycles. The summed E-state index contributed by atoms with van der Waals surface area (Å²) in [5.41, 5.74) is 0. The molecule has 106 valence electrons. The Morgan fingerprint density at radius 1 is 1.33 bits per heavy atom. The summed E-state index contributed by atoms with van der Waals surface area (Å²) in [4.78, 5) is 23.2. The quantitative estimate of drug-likeness (QED) is 0.283. The summed E-state index contributed by atoms with van der Waals surface area (Å²) in [5.74, 6) is -0.0543. The highest BCUT2D eigenvalue weighted by atomic mass is 31.0. The van der Waals surface area contributed by atoms with Gasteiger partial charge in [-0.25, -0.2) is 0 Å². The predicted octanol–water partition coefficient (Wildman–Crippen LogP) is 0.234. The zero-order valence-corrected chi connectivity index (χ0v) is 12.7. The second-order valence-corrected chi connectivity index (χ2v) is 4.41. The maximum atomic E-state index is 11.8. The summed E-state index contributed by atoms with van der Waals surface area (Å²) in [7, 11) is 1.27. The molecule has 0 aromatic carbocycles. The van der Waals surface area contributed by atoms with Crippen LogP contribution in [0, 0.1) is 0 Å². The molecule has 0 aliphatic heterocycles. The normalized spacial score (nSPS) is 15.2. The molecule has 7 heteroatoms. The van der Waals surface area contributed by atoms with Gasteiger partial charge in [-0.15, -0.1) is 18.4 Å². The highest BCUT2D eigenvalue weighted by molar-refractivity contribution is 7.18. The summed E-state index contributed by atoms with van der Waals surface area (Å²) in [6.07, 6.45) is 1.14. The van der Waals surface area contributed by atoms with Crippen molar-refractivity contribution < 1.29 is 19.1 Å². The van der Waals surface area contributed by atoms with Crippen molar-refractivity contribution in [2.24, 2.45) is 0 Å². The van der Waals surface area contributed by atoms with E-state index in [1.54, 1.807) is 7.11 Å². The van der Waals surface area contributed by atoms with Gasteiger partial charge in [-0.05, 0) is 6.42 Å². The van der Waals surface area contributed by atoms with Crippen LogP contribution in [0.3, 0.4) is 0 Å². The van der Waals surface area contributed by atoms with Gasteiger partial charge in [0.25, 0.3) is 0 Å². The second kappa shape index (κ2) is 12.1. The van der Waals surface area contributed by atoms with Gasteiger partial charge in [-0.2, -0.15) is 0 Å². The van der Waals surface area contributed by atoms with Crippen LogP contribution in [0.15, 0.2) is 0 Å². The molecule has 5 nitrogen and oxygen atoms in total. The van der Waals surface area contributed by atoms with Gasteiger partial charge < -0.3 is 9.47 Å². The van der Waals surface area contributed by atoms with Gasteiger partial charge in [-0.3, -0.25) is 14.9 Å². The van der Waals surface area contributed by atoms with Crippen LogP contribution in [0.4, 0.5) is 0 Å². The fraction of sp³-hybridized carbons (Fsp3) is 0.818. The van der Waals surface area contributed by atoms with E-state index < -0.39 is 6.04 Å². The first kappa shape index (κ1) is 14.5. The van der Waals surface area contributed by atoms with E-state index in [1.165, 1.54) is 0 Å². The molecule has 1 N–H and O–H groups in total. The van der Waals surface area contributed by atoms with E-state index in [1.807, 2.05) is 0 Å². The van der Waals surface area contributed by atoms with Crippen molar-refractivity contribution in [1.82, 2.24) is 5.32 Å². The largest absolute Gasteiger partial charge is 0.382 e. The lowest BCUT2D eigenvalue weighted by molar-refractivity contribution is -0.120. The third-order valence-electron chi connectivity index (χ3n) is 2.34. The Bertz CT molecular complexity index is 285. The number of ether oxygens (including phenoxy) is 2. The van der Waals surface area contributed by atoms with Crippen LogP contribution in [0.2, 0.25) is 0 Å². The van der Waals surface area contributed by atoms with Crippen molar-refractivity contribution in [1.29, 1.82) is 2.56 Å². The lowest BCUT2D eigenvalue weighted by Gasteiger charge is -2.16. The van der Waals surface area contributed by atoms with Crippen LogP contribution in [0.1, 0.15) is 12.8 Å². The fourth-order valence-corrected chi connectivity index (χ4v) is 1.69. The summed E-state index contributed by atoms with van der Waals surface area (Å²) in [6.45, 7) is 1.13. The molecule has 0 saturated heterocycles. The number of rotatable bonds is 14. The van der Waals surface area contributed by atoms with Crippen LogP contribution in [-0.4, -0.2) is 59.5 Å². The van der Waals surface area contributed by atoms with E-state index in [2.05, 4.69) is 5.32 Å². The van der Waals surface area contributed by atoms with Crippen LogP contribution in [0.25, 0.3) is 0 Å². The highest BCUT2D eigenvalue weighted by Crippen LogP contribution is 2.03. The molecule has 0 amide bonds. The molecule has 0 bridgehead atoms. The van der Waals surface area contributed by atoms with Gasteiger partial charge in [0, 0.05) is 25.9 Å². The molecule has 18 heavy (non-hydrogen) atoms. The molecule has 0 aliphatic rings. The van der Waals surface area contributed by atoms with E-state index in [-0.39, 0.29) is 55.4 Å². The van der Waals surface area contributed by atoms with Crippen LogP contribution in [-0.2, 0) is 19.1 Å². The van der Waals surface area contributed by atoms with Crippen molar-refractivity contribution in [2.75, 3.05) is 39.4 Å². The number of methoxy groups -OCH3 is 1. The van der Waals surface area contributed by atoms with Crippen molar-refractivity contribution in [3.05, 3.63) is 0 Å². The molecule has 0 rings (SSSR count). The maximum absolute atomic E-state index is 11.8. The zero-order chi connectivity index (χ0) is 15.2. The summed E-state index contributed by atoms with van der Waals surface area (Å²) < 4.78 is 24.2. The predicted molar refractivity (Wildman–Crippen MR) is 78.0 cm³/mol. The Morgan fingerprint density at radius 2 is 2.11 bits per heavy atom. The van der Waals surface area contributed by atoms with Gasteiger partial charge in [0.05, 0.1) is 28.5 Å². The van der Waals surface area contributed by atoms with E-state index in [0.717, 1.165) is 0 Å². The number of hydrogen-bond donors (Lipinski definition) is 1. The number of Topliss-reactive ketones (excluding diaryl/α,β-unsaturated/α-hetero) is 2. The zero-order valence-electron chi connectivity index (χ0n) is 12.7. The summed E-state index contributed by atoms with van der Waals surface area (Å²) >= 11 is 0. The Balaban J connectivity index is 4.06. The third kappa shape index (κ3) is 9.07. The molecule has 0 saturated carbocycles. The van der Waals surface area contributed by atoms with Gasteiger partial charge in [0.15, 0.2) is 5.78 Å². The second-order valence-electron chi connectivity index (χ2n) is 3.70. The monoisotopic (exact) mass is 299 g/mol. The SMILES string of the molecule is [3H]PCC(=O)CCC(NCOCCOC)C(=O)CP[3H].